The van der Waals surface area contributed by atoms with E-state index < -0.39 is 5.97 Å². The van der Waals surface area contributed by atoms with Gasteiger partial charge in [0.2, 0.25) is 0 Å². The Labute approximate surface area is 104 Å². The Balaban J connectivity index is 2.53. The average Bonchev–Trinajstić information content (AvgIpc) is 2.21. The number of allylic oxidation sites excluding steroid dienone is 1. The van der Waals surface area contributed by atoms with Crippen molar-refractivity contribution in [1.82, 2.24) is 0 Å². The quantitative estimate of drug-likeness (QED) is 0.802. The molecule has 0 aliphatic carbocycles. The molecule has 0 atom stereocenters. The highest BCUT2D eigenvalue weighted by molar-refractivity contribution is 6.37. The Morgan fingerprint density at radius 1 is 1.31 bits per heavy atom. The molecule has 16 heavy (non-hydrogen) atoms. The largest absolute Gasteiger partial charge is 0.481 e. The summed E-state index contributed by atoms with van der Waals surface area (Å²) >= 11 is 11.9. The molecule has 86 valence electrons. The van der Waals surface area contributed by atoms with Gasteiger partial charge in [0, 0.05) is 22.0 Å². The molecule has 0 radical (unpaired) electrons. The minimum atomic E-state index is -0.774. The van der Waals surface area contributed by atoms with Gasteiger partial charge in [-0.15, -0.1) is 0 Å². The van der Waals surface area contributed by atoms with Gasteiger partial charge in [-0.1, -0.05) is 41.4 Å². The molecule has 0 unspecified atom stereocenters. The number of rotatable bonds is 5. The van der Waals surface area contributed by atoms with Crippen LogP contribution in [0.5, 0.6) is 0 Å². The van der Waals surface area contributed by atoms with E-state index in [-0.39, 0.29) is 6.42 Å². The fourth-order valence-electron chi connectivity index (χ4n) is 1.24. The van der Waals surface area contributed by atoms with E-state index in [1.807, 2.05) is 12.2 Å². The number of hydrogen-bond donors (Lipinski definition) is 1. The molecule has 0 amide bonds. The summed E-state index contributed by atoms with van der Waals surface area (Å²) < 4.78 is 0. The van der Waals surface area contributed by atoms with E-state index in [2.05, 4.69) is 0 Å². The predicted octanol–water partition coefficient (Wildman–Crippen LogP) is 4.26. The normalized spacial score (nSPS) is 10.9. The molecule has 0 saturated heterocycles. The van der Waals surface area contributed by atoms with Gasteiger partial charge in [-0.25, -0.2) is 0 Å². The first-order chi connectivity index (χ1) is 7.61. The number of halogens is 2. The molecular weight excluding hydrogens is 247 g/mol. The first-order valence-corrected chi connectivity index (χ1v) is 5.69. The molecule has 0 spiro atoms. The van der Waals surface area contributed by atoms with Crippen molar-refractivity contribution >= 4 is 35.2 Å². The van der Waals surface area contributed by atoms with E-state index in [9.17, 15) is 4.79 Å². The van der Waals surface area contributed by atoms with Crippen LogP contribution in [-0.2, 0) is 4.79 Å². The molecule has 0 aromatic heterocycles. The van der Waals surface area contributed by atoms with Crippen LogP contribution in [0.25, 0.3) is 6.08 Å². The Morgan fingerprint density at radius 2 is 1.94 bits per heavy atom. The fourth-order valence-corrected chi connectivity index (χ4v) is 1.77. The summed E-state index contributed by atoms with van der Waals surface area (Å²) in [5, 5.41) is 9.65. The number of benzene rings is 1. The number of carboxylic acid groups (broad SMARTS) is 1. The standard InChI is InChI=1S/C12H12Cl2O2/c13-10-6-4-7-11(14)9(10)5-2-1-3-8-12(15)16/h2,4-7H,1,3,8H2,(H,15,16)/b5-2+. The molecule has 1 aromatic rings. The molecular formula is C12H12Cl2O2. The molecule has 0 aliphatic heterocycles. The summed E-state index contributed by atoms with van der Waals surface area (Å²) in [7, 11) is 0. The van der Waals surface area contributed by atoms with Gasteiger partial charge in [-0.2, -0.15) is 0 Å². The highest BCUT2D eigenvalue weighted by atomic mass is 35.5. The van der Waals surface area contributed by atoms with Gasteiger partial charge in [0.05, 0.1) is 0 Å². The van der Waals surface area contributed by atoms with E-state index in [4.69, 9.17) is 28.3 Å². The van der Waals surface area contributed by atoms with Crippen LogP contribution in [0.4, 0.5) is 0 Å². The van der Waals surface area contributed by atoms with E-state index in [0.717, 1.165) is 5.56 Å². The third-order valence-corrected chi connectivity index (χ3v) is 2.70. The van der Waals surface area contributed by atoms with Gasteiger partial charge in [0.25, 0.3) is 0 Å². The maximum absolute atomic E-state index is 10.3. The third-order valence-electron chi connectivity index (χ3n) is 2.05. The van der Waals surface area contributed by atoms with Crippen molar-refractivity contribution in [2.75, 3.05) is 0 Å². The lowest BCUT2D eigenvalue weighted by Gasteiger charge is -2.00. The highest BCUT2D eigenvalue weighted by Crippen LogP contribution is 2.25. The maximum Gasteiger partial charge on any atom is 0.303 e. The molecule has 1 aromatic carbocycles. The van der Waals surface area contributed by atoms with Crippen LogP contribution in [0.3, 0.4) is 0 Å². The Hall–Kier alpha value is -0.990. The van der Waals surface area contributed by atoms with Crippen LogP contribution < -0.4 is 0 Å². The maximum atomic E-state index is 10.3. The number of hydrogen-bond acceptors (Lipinski definition) is 1. The zero-order valence-corrected chi connectivity index (χ0v) is 10.1. The van der Waals surface area contributed by atoms with Gasteiger partial charge < -0.3 is 5.11 Å². The van der Waals surface area contributed by atoms with Crippen molar-refractivity contribution in [3.05, 3.63) is 39.9 Å². The molecule has 0 fully saturated rings. The van der Waals surface area contributed by atoms with E-state index in [1.54, 1.807) is 18.2 Å². The molecule has 0 bridgehead atoms. The minimum Gasteiger partial charge on any atom is -0.481 e. The van der Waals surface area contributed by atoms with Crippen LogP contribution in [0.15, 0.2) is 24.3 Å². The zero-order valence-electron chi connectivity index (χ0n) is 8.62. The number of unbranched alkanes of at least 4 members (excludes halogenated alkanes) is 1. The van der Waals surface area contributed by atoms with Crippen LogP contribution >= 0.6 is 23.2 Å². The smallest absolute Gasteiger partial charge is 0.303 e. The Kier molecular flexibility index (Phi) is 5.36. The second-order valence-corrected chi connectivity index (χ2v) is 4.14. The first kappa shape index (κ1) is 13.1. The van der Waals surface area contributed by atoms with E-state index in [0.29, 0.717) is 22.9 Å². The summed E-state index contributed by atoms with van der Waals surface area (Å²) in [6.07, 6.45) is 5.21. The van der Waals surface area contributed by atoms with Crippen molar-refractivity contribution in [2.45, 2.75) is 19.3 Å². The lowest BCUT2D eigenvalue weighted by atomic mass is 10.1. The van der Waals surface area contributed by atoms with E-state index >= 15 is 0 Å². The summed E-state index contributed by atoms with van der Waals surface area (Å²) in [5.41, 5.74) is 0.779. The third kappa shape index (κ3) is 4.25. The zero-order chi connectivity index (χ0) is 12.0. The highest BCUT2D eigenvalue weighted by Gasteiger charge is 2.00. The minimum absolute atomic E-state index is 0.181. The topological polar surface area (TPSA) is 37.3 Å². The first-order valence-electron chi connectivity index (χ1n) is 4.93. The Morgan fingerprint density at radius 3 is 2.50 bits per heavy atom. The van der Waals surface area contributed by atoms with Crippen molar-refractivity contribution < 1.29 is 9.90 Å². The number of carboxylic acids is 1. The monoisotopic (exact) mass is 258 g/mol. The molecule has 4 heteroatoms. The Bertz CT molecular complexity index is 380. The molecule has 0 saturated carbocycles. The molecule has 0 aliphatic rings. The molecule has 2 nitrogen and oxygen atoms in total. The van der Waals surface area contributed by atoms with Crippen LogP contribution in [0.2, 0.25) is 10.0 Å². The average molecular weight is 259 g/mol. The summed E-state index contributed by atoms with van der Waals surface area (Å²) in [5.74, 6) is -0.774. The fraction of sp³-hybridized carbons (Fsp3) is 0.250. The summed E-state index contributed by atoms with van der Waals surface area (Å²) in [6, 6.07) is 5.32. The second kappa shape index (κ2) is 6.56. The summed E-state index contributed by atoms with van der Waals surface area (Å²) in [6.45, 7) is 0. The van der Waals surface area contributed by atoms with Crippen LogP contribution in [-0.4, -0.2) is 11.1 Å². The van der Waals surface area contributed by atoms with Gasteiger partial charge in [0.1, 0.15) is 0 Å². The van der Waals surface area contributed by atoms with Crippen LogP contribution in [0, 0.1) is 0 Å². The molecule has 1 rings (SSSR count). The van der Waals surface area contributed by atoms with Gasteiger partial charge in [-0.05, 0) is 25.0 Å². The number of aliphatic carboxylic acids is 1. The number of carbonyl (C=O) groups is 1. The predicted molar refractivity (Wildman–Crippen MR) is 67.0 cm³/mol. The van der Waals surface area contributed by atoms with Gasteiger partial charge in [-0.3, -0.25) is 4.79 Å². The van der Waals surface area contributed by atoms with Crippen molar-refractivity contribution in [2.24, 2.45) is 0 Å². The van der Waals surface area contributed by atoms with Gasteiger partial charge in [0.15, 0.2) is 0 Å². The van der Waals surface area contributed by atoms with Crippen LogP contribution in [0.1, 0.15) is 24.8 Å². The van der Waals surface area contributed by atoms with Gasteiger partial charge >= 0.3 is 5.97 Å². The van der Waals surface area contributed by atoms with E-state index in [1.165, 1.54) is 0 Å². The molecule has 1 N–H and O–H groups in total. The summed E-state index contributed by atoms with van der Waals surface area (Å²) in [4.78, 5) is 10.3. The van der Waals surface area contributed by atoms with Crippen molar-refractivity contribution in [3.8, 4) is 0 Å². The molecule has 0 heterocycles. The lowest BCUT2D eigenvalue weighted by molar-refractivity contribution is -0.137. The van der Waals surface area contributed by atoms with Crippen molar-refractivity contribution in [1.29, 1.82) is 0 Å². The second-order valence-electron chi connectivity index (χ2n) is 3.32. The van der Waals surface area contributed by atoms with Crippen molar-refractivity contribution in [3.63, 3.8) is 0 Å². The lowest BCUT2D eigenvalue weighted by Crippen LogP contribution is -1.92. The SMILES string of the molecule is O=C(O)CCC/C=C/c1c(Cl)cccc1Cl.